The molecule has 1 fully saturated rings. The Bertz CT molecular complexity index is 979. The Morgan fingerprint density at radius 3 is 2.46 bits per heavy atom. The molecule has 1 aliphatic rings. The summed E-state index contributed by atoms with van der Waals surface area (Å²) in [5, 5.41) is 3.45. The largest absolute Gasteiger partial charge is 0.348 e. The summed E-state index contributed by atoms with van der Waals surface area (Å²) in [6, 6.07) is 12.3. The smallest absolute Gasteiger partial charge is 0.244 e. The summed E-state index contributed by atoms with van der Waals surface area (Å²) in [5.41, 5.74) is 2.67. The van der Waals surface area contributed by atoms with Crippen molar-refractivity contribution in [1.29, 1.82) is 0 Å². The van der Waals surface area contributed by atoms with Crippen LogP contribution in [0.3, 0.4) is 0 Å². The molecule has 0 atom stereocenters. The molecule has 0 saturated carbocycles. The van der Waals surface area contributed by atoms with Crippen LogP contribution in [0.25, 0.3) is 6.08 Å². The molecule has 0 spiro atoms. The van der Waals surface area contributed by atoms with Crippen molar-refractivity contribution >= 4 is 33.6 Å². The maximum atomic E-state index is 12.5. The van der Waals surface area contributed by atoms with Crippen molar-refractivity contribution in [3.63, 3.8) is 0 Å². The van der Waals surface area contributed by atoms with E-state index in [0.29, 0.717) is 29.6 Å². The van der Waals surface area contributed by atoms with Crippen molar-refractivity contribution in [1.82, 2.24) is 9.62 Å². The van der Waals surface area contributed by atoms with Gasteiger partial charge in [-0.25, -0.2) is 8.42 Å². The number of halogens is 1. The van der Waals surface area contributed by atoms with Gasteiger partial charge in [-0.05, 0) is 60.7 Å². The van der Waals surface area contributed by atoms with E-state index in [4.69, 9.17) is 11.6 Å². The highest BCUT2D eigenvalue weighted by molar-refractivity contribution is 7.89. The zero-order valence-electron chi connectivity index (χ0n) is 15.7. The molecule has 1 saturated heterocycles. The number of nitrogens with zero attached hydrogens (tertiary/aromatic N) is 1. The van der Waals surface area contributed by atoms with Crippen LogP contribution in [0.15, 0.2) is 53.4 Å². The van der Waals surface area contributed by atoms with Gasteiger partial charge in [-0.1, -0.05) is 35.9 Å². The average molecular weight is 419 g/mol. The lowest BCUT2D eigenvalue weighted by Gasteiger charge is -2.15. The third-order valence-electron chi connectivity index (χ3n) is 4.72. The van der Waals surface area contributed by atoms with Crippen molar-refractivity contribution in [3.8, 4) is 0 Å². The predicted octanol–water partition coefficient (Wildman–Crippen LogP) is 3.76. The Balaban J connectivity index is 1.56. The van der Waals surface area contributed by atoms with Gasteiger partial charge in [0.2, 0.25) is 15.9 Å². The molecule has 28 heavy (non-hydrogen) atoms. The second kappa shape index (κ2) is 8.90. The first-order valence-electron chi connectivity index (χ1n) is 9.17. The van der Waals surface area contributed by atoms with Crippen LogP contribution >= 0.6 is 11.6 Å². The van der Waals surface area contributed by atoms with Crippen molar-refractivity contribution < 1.29 is 13.2 Å². The summed E-state index contributed by atoms with van der Waals surface area (Å²) < 4.78 is 26.5. The van der Waals surface area contributed by atoms with E-state index >= 15 is 0 Å². The van der Waals surface area contributed by atoms with Crippen LogP contribution in [0.2, 0.25) is 5.02 Å². The summed E-state index contributed by atoms with van der Waals surface area (Å²) in [7, 11) is -3.41. The minimum Gasteiger partial charge on any atom is -0.348 e. The van der Waals surface area contributed by atoms with Crippen molar-refractivity contribution in [2.75, 3.05) is 13.1 Å². The van der Waals surface area contributed by atoms with Gasteiger partial charge in [0.1, 0.15) is 0 Å². The van der Waals surface area contributed by atoms with Gasteiger partial charge in [-0.15, -0.1) is 0 Å². The topological polar surface area (TPSA) is 66.5 Å². The Morgan fingerprint density at radius 1 is 1.14 bits per heavy atom. The Kier molecular flexibility index (Phi) is 6.54. The summed E-state index contributed by atoms with van der Waals surface area (Å²) in [6.45, 7) is 3.41. The zero-order valence-corrected chi connectivity index (χ0v) is 17.3. The average Bonchev–Trinajstić information content (AvgIpc) is 3.23. The fourth-order valence-electron chi connectivity index (χ4n) is 2.99. The summed E-state index contributed by atoms with van der Waals surface area (Å²) in [6.07, 6.45) is 4.97. The van der Waals surface area contributed by atoms with Crippen LogP contribution in [0.1, 0.15) is 29.5 Å². The van der Waals surface area contributed by atoms with Gasteiger partial charge in [0.05, 0.1) is 4.90 Å². The van der Waals surface area contributed by atoms with Crippen LogP contribution in [-0.2, 0) is 21.4 Å². The lowest BCUT2D eigenvalue weighted by Crippen LogP contribution is -2.27. The number of aryl methyl sites for hydroxylation is 1. The van der Waals surface area contributed by atoms with Crippen LogP contribution in [0, 0.1) is 6.92 Å². The molecule has 0 radical (unpaired) electrons. The molecule has 1 amide bonds. The van der Waals surface area contributed by atoms with E-state index in [1.54, 1.807) is 36.4 Å². The molecule has 0 aromatic heterocycles. The molecule has 0 bridgehead atoms. The zero-order chi connectivity index (χ0) is 20.1. The lowest BCUT2D eigenvalue weighted by molar-refractivity contribution is -0.116. The first-order valence-corrected chi connectivity index (χ1v) is 11.0. The van der Waals surface area contributed by atoms with Gasteiger partial charge >= 0.3 is 0 Å². The number of hydrogen-bond donors (Lipinski definition) is 1. The van der Waals surface area contributed by atoms with Gasteiger partial charge in [0.25, 0.3) is 0 Å². The quantitative estimate of drug-likeness (QED) is 0.726. The third-order valence-corrected chi connectivity index (χ3v) is 7.04. The number of carbonyl (C=O) groups is 1. The minimum atomic E-state index is -3.41. The maximum absolute atomic E-state index is 12.5. The third kappa shape index (κ3) is 5.01. The van der Waals surface area contributed by atoms with Gasteiger partial charge in [-0.3, -0.25) is 4.79 Å². The maximum Gasteiger partial charge on any atom is 0.244 e. The standard InChI is InChI=1S/C21H23ClN2O3S/c1-16-4-5-17(14-20(16)22)8-11-21(25)23-15-18-6-9-19(10-7-18)28(26,27)24-12-2-3-13-24/h4-11,14H,2-3,12-13,15H2,1H3,(H,23,25). The number of hydrogen-bond acceptors (Lipinski definition) is 3. The highest BCUT2D eigenvalue weighted by Gasteiger charge is 2.26. The monoisotopic (exact) mass is 418 g/mol. The SMILES string of the molecule is Cc1ccc(C=CC(=O)NCc2ccc(S(=O)(=O)N3CCCC3)cc2)cc1Cl. The second-order valence-corrected chi connectivity index (χ2v) is 9.16. The van der Waals surface area contributed by atoms with E-state index in [1.807, 2.05) is 19.1 Å². The van der Waals surface area contributed by atoms with Crippen LogP contribution in [-0.4, -0.2) is 31.7 Å². The first kappa shape index (κ1) is 20.6. The second-order valence-electron chi connectivity index (χ2n) is 6.81. The summed E-state index contributed by atoms with van der Waals surface area (Å²) >= 11 is 6.08. The highest BCUT2D eigenvalue weighted by atomic mass is 35.5. The molecule has 1 heterocycles. The number of rotatable bonds is 6. The summed E-state index contributed by atoms with van der Waals surface area (Å²) in [4.78, 5) is 12.3. The number of nitrogens with one attached hydrogen (secondary N) is 1. The van der Waals surface area contributed by atoms with Crippen LogP contribution < -0.4 is 5.32 Å². The van der Waals surface area contributed by atoms with Crippen LogP contribution in [0.5, 0.6) is 0 Å². The Morgan fingerprint density at radius 2 is 1.82 bits per heavy atom. The van der Waals surface area contributed by atoms with E-state index in [2.05, 4.69) is 5.32 Å². The molecule has 0 aliphatic carbocycles. The fourth-order valence-corrected chi connectivity index (χ4v) is 4.70. The van der Waals surface area contributed by atoms with E-state index in [1.165, 1.54) is 10.4 Å². The van der Waals surface area contributed by atoms with Crippen molar-refractivity contribution in [2.24, 2.45) is 0 Å². The molecular weight excluding hydrogens is 396 g/mol. The van der Waals surface area contributed by atoms with Crippen LogP contribution in [0.4, 0.5) is 0 Å². The number of carbonyl (C=O) groups excluding carboxylic acids is 1. The minimum absolute atomic E-state index is 0.231. The molecule has 0 unspecified atom stereocenters. The molecule has 7 heteroatoms. The summed E-state index contributed by atoms with van der Waals surface area (Å²) in [5.74, 6) is -0.231. The van der Waals surface area contributed by atoms with E-state index in [-0.39, 0.29) is 5.91 Å². The van der Waals surface area contributed by atoms with E-state index in [9.17, 15) is 13.2 Å². The molecule has 1 N–H and O–H groups in total. The predicted molar refractivity (Wildman–Crippen MR) is 112 cm³/mol. The first-order chi connectivity index (χ1) is 13.4. The Labute approximate surface area is 171 Å². The normalized spacial score (nSPS) is 15.2. The fraction of sp³-hybridized carbons (Fsp3) is 0.286. The molecule has 2 aromatic rings. The van der Waals surface area contributed by atoms with E-state index in [0.717, 1.165) is 29.5 Å². The molecule has 3 rings (SSSR count). The Hall–Kier alpha value is -2.15. The van der Waals surface area contributed by atoms with Crippen molar-refractivity contribution in [3.05, 3.63) is 70.3 Å². The van der Waals surface area contributed by atoms with Gasteiger partial charge < -0.3 is 5.32 Å². The van der Waals surface area contributed by atoms with Gasteiger partial charge in [-0.2, -0.15) is 4.31 Å². The lowest BCUT2D eigenvalue weighted by atomic mass is 10.1. The van der Waals surface area contributed by atoms with Gasteiger partial charge in [0, 0.05) is 30.7 Å². The number of benzene rings is 2. The number of sulfonamides is 1. The molecular formula is C21H23ClN2O3S. The van der Waals surface area contributed by atoms with Crippen molar-refractivity contribution in [2.45, 2.75) is 31.2 Å². The molecule has 148 valence electrons. The van der Waals surface area contributed by atoms with E-state index < -0.39 is 10.0 Å². The molecule has 2 aromatic carbocycles. The van der Waals surface area contributed by atoms with Gasteiger partial charge in [0.15, 0.2) is 0 Å². The number of amides is 1. The molecule has 5 nitrogen and oxygen atoms in total. The highest BCUT2D eigenvalue weighted by Crippen LogP contribution is 2.21. The molecule has 1 aliphatic heterocycles.